The molecule has 7 nitrogen and oxygen atoms in total. The molecule has 1 unspecified atom stereocenters. The van der Waals surface area contributed by atoms with Crippen molar-refractivity contribution in [3.8, 4) is 5.75 Å². The lowest BCUT2D eigenvalue weighted by Gasteiger charge is -2.20. The maximum absolute atomic E-state index is 12.9. The van der Waals surface area contributed by atoms with E-state index in [0.29, 0.717) is 44.8 Å². The summed E-state index contributed by atoms with van der Waals surface area (Å²) in [6, 6.07) is 7.57. The molecule has 1 aromatic heterocycles. The second-order valence-electron chi connectivity index (χ2n) is 6.05. The molecule has 3 aliphatic heterocycles. The predicted octanol–water partition coefficient (Wildman–Crippen LogP) is 3.40. The van der Waals surface area contributed by atoms with Gasteiger partial charge >= 0.3 is 0 Å². The number of hydrogen-bond donors (Lipinski definition) is 1. The van der Waals surface area contributed by atoms with E-state index < -0.39 is 7.14 Å². The number of anilines is 1. The van der Waals surface area contributed by atoms with Gasteiger partial charge in [-0.3, -0.25) is 0 Å². The number of nitrogen functional groups attached to an aromatic ring is 1. The average Bonchev–Trinajstić information content (AvgIpc) is 2.90. The van der Waals surface area contributed by atoms with Gasteiger partial charge in [0.2, 0.25) is 0 Å². The van der Waals surface area contributed by atoms with Gasteiger partial charge < -0.3 is 29.2 Å². The molecule has 0 aliphatic carbocycles. The van der Waals surface area contributed by atoms with Crippen LogP contribution in [0.1, 0.15) is 0 Å². The summed E-state index contributed by atoms with van der Waals surface area (Å²) in [6.07, 6.45) is 0. The maximum Gasteiger partial charge on any atom is 0.192 e. The fourth-order valence-corrected chi connectivity index (χ4v) is 6.59. The molecule has 0 saturated carbocycles. The fraction of sp³-hybridized carbons (Fsp3) is 0.176. The minimum absolute atomic E-state index is 0.452. The zero-order chi connectivity index (χ0) is 17.5. The molecular weight excluding hydrogens is 343 g/mol. The number of aromatic nitrogens is 1. The number of rotatable bonds is 5. The van der Waals surface area contributed by atoms with E-state index in [1.54, 1.807) is 0 Å². The molecule has 0 bridgehead atoms. The molecular formula is C17H15N2O5P. The Balaban J connectivity index is 1.55. The van der Waals surface area contributed by atoms with Crippen molar-refractivity contribution in [3.05, 3.63) is 57.5 Å². The third kappa shape index (κ3) is 1.57. The average molecular weight is 358 g/mol. The van der Waals surface area contributed by atoms with E-state index in [1.165, 1.54) is 14.2 Å². The molecule has 0 radical (unpaired) electrons. The second kappa shape index (κ2) is 4.50. The number of ether oxygens (including phenoxy) is 2. The Bertz CT molecular complexity index is 1120. The lowest BCUT2D eigenvalue weighted by atomic mass is 10.2. The first-order valence-corrected chi connectivity index (χ1v) is 9.36. The minimum atomic E-state index is -2.61. The molecule has 128 valence electrons. The fourth-order valence-electron chi connectivity index (χ4n) is 3.60. The third-order valence-electron chi connectivity index (χ3n) is 4.83. The molecule has 1 aromatic carbocycles. The summed E-state index contributed by atoms with van der Waals surface area (Å²) in [5, 5.41) is 2.91. The van der Waals surface area contributed by atoms with Gasteiger partial charge in [0.05, 0.1) is 24.8 Å². The SMILES string of the molecule is COOC1=C2C(OC)=C(Oc3ccc4c(c3)cc(N)n4C)C3=C1P23=O. The monoisotopic (exact) mass is 358 g/mol. The minimum Gasteiger partial charge on any atom is -0.492 e. The first kappa shape index (κ1) is 14.7. The molecule has 25 heavy (non-hydrogen) atoms. The van der Waals surface area contributed by atoms with E-state index in [2.05, 4.69) is 0 Å². The standard InChI is InChI=1S/C17H15N2O5P/c1-19-10-5-4-9(6-8(10)7-11(19)18)23-13-12(21-2)15-14(24-22-3)17-16(13)25(15,17)20/h4-7H,18H2,1-3H3. The molecule has 5 rings (SSSR count). The third-order valence-corrected chi connectivity index (χ3v) is 7.75. The highest BCUT2D eigenvalue weighted by molar-refractivity contribution is 7.86. The lowest BCUT2D eigenvalue weighted by Crippen LogP contribution is -2.08. The van der Waals surface area contributed by atoms with Crippen molar-refractivity contribution in [2.45, 2.75) is 0 Å². The summed E-state index contributed by atoms with van der Waals surface area (Å²) < 4.78 is 26.3. The van der Waals surface area contributed by atoms with Gasteiger partial charge in [-0.05, 0) is 24.3 Å². The molecule has 2 aromatic rings. The molecule has 0 fully saturated rings. The molecule has 4 heterocycles. The van der Waals surface area contributed by atoms with Gasteiger partial charge in [-0.15, -0.1) is 0 Å². The Labute approximate surface area is 143 Å². The van der Waals surface area contributed by atoms with E-state index in [-0.39, 0.29) is 0 Å². The molecule has 0 saturated heterocycles. The predicted molar refractivity (Wildman–Crippen MR) is 91.7 cm³/mol. The molecule has 2 N–H and O–H groups in total. The molecule has 3 aliphatic rings. The highest BCUT2D eigenvalue weighted by atomic mass is 31.2. The summed E-state index contributed by atoms with van der Waals surface area (Å²) in [5.74, 6) is 2.76. The Morgan fingerprint density at radius 1 is 1.04 bits per heavy atom. The van der Waals surface area contributed by atoms with Crippen LogP contribution in [-0.2, 0) is 26.1 Å². The number of fused-ring (bicyclic) bond motifs is 1. The summed E-state index contributed by atoms with van der Waals surface area (Å²) >= 11 is 0. The first-order chi connectivity index (χ1) is 12.0. The van der Waals surface area contributed by atoms with Crippen LogP contribution in [0.25, 0.3) is 10.9 Å². The molecule has 0 spiro atoms. The van der Waals surface area contributed by atoms with Gasteiger partial charge in [0.15, 0.2) is 24.4 Å². The van der Waals surface area contributed by atoms with Gasteiger partial charge in [-0.2, -0.15) is 4.89 Å². The summed E-state index contributed by atoms with van der Waals surface area (Å²) in [7, 11) is 2.22. The van der Waals surface area contributed by atoms with Crippen molar-refractivity contribution in [1.82, 2.24) is 4.57 Å². The van der Waals surface area contributed by atoms with Crippen LogP contribution in [0.15, 0.2) is 57.5 Å². The van der Waals surface area contributed by atoms with Crippen molar-refractivity contribution >= 4 is 23.9 Å². The van der Waals surface area contributed by atoms with Crippen molar-refractivity contribution in [1.29, 1.82) is 0 Å². The summed E-state index contributed by atoms with van der Waals surface area (Å²) in [4.78, 5) is 9.80. The van der Waals surface area contributed by atoms with Crippen molar-refractivity contribution in [2.24, 2.45) is 7.05 Å². The number of nitrogens with zero attached hydrogens (tertiary/aromatic N) is 1. The zero-order valence-electron chi connectivity index (χ0n) is 13.8. The van der Waals surface area contributed by atoms with Crippen molar-refractivity contribution in [2.75, 3.05) is 20.0 Å². The van der Waals surface area contributed by atoms with Crippen LogP contribution in [0.5, 0.6) is 5.75 Å². The number of methoxy groups -OCH3 is 1. The molecule has 8 heteroatoms. The topological polar surface area (TPSA) is 84.9 Å². The second-order valence-corrected chi connectivity index (χ2v) is 8.61. The van der Waals surface area contributed by atoms with Gasteiger partial charge in [-0.1, -0.05) is 0 Å². The van der Waals surface area contributed by atoms with E-state index in [4.69, 9.17) is 25.0 Å². The van der Waals surface area contributed by atoms with Crippen LogP contribution in [-0.4, -0.2) is 18.8 Å². The Hall–Kier alpha value is -2.63. The smallest absolute Gasteiger partial charge is 0.192 e. The van der Waals surface area contributed by atoms with Gasteiger partial charge in [0, 0.05) is 18.0 Å². The van der Waals surface area contributed by atoms with Crippen molar-refractivity contribution < 1.29 is 23.8 Å². The van der Waals surface area contributed by atoms with Crippen molar-refractivity contribution in [3.63, 3.8) is 0 Å². The Kier molecular flexibility index (Phi) is 2.65. The number of nitrogens with two attached hydrogens (primary N) is 1. The van der Waals surface area contributed by atoms with Crippen LogP contribution in [0.2, 0.25) is 0 Å². The number of benzene rings is 1. The first-order valence-electron chi connectivity index (χ1n) is 7.65. The van der Waals surface area contributed by atoms with Crippen LogP contribution in [0.3, 0.4) is 0 Å². The Morgan fingerprint density at radius 2 is 1.80 bits per heavy atom. The highest BCUT2D eigenvalue weighted by Crippen LogP contribution is 2.97. The van der Waals surface area contributed by atoms with Crippen LogP contribution in [0, 0.1) is 0 Å². The van der Waals surface area contributed by atoms with E-state index in [0.717, 1.165) is 10.9 Å². The maximum atomic E-state index is 12.9. The van der Waals surface area contributed by atoms with E-state index in [1.807, 2.05) is 35.9 Å². The number of hydrogen-bond acceptors (Lipinski definition) is 6. The van der Waals surface area contributed by atoms with Gasteiger partial charge in [0.1, 0.15) is 16.9 Å². The zero-order valence-corrected chi connectivity index (χ0v) is 14.7. The normalized spacial score (nSPS) is 23.2. The van der Waals surface area contributed by atoms with Gasteiger partial charge in [-0.25, -0.2) is 0 Å². The van der Waals surface area contributed by atoms with E-state index >= 15 is 0 Å². The lowest BCUT2D eigenvalue weighted by molar-refractivity contribution is -0.234. The largest absolute Gasteiger partial charge is 0.492 e. The van der Waals surface area contributed by atoms with Gasteiger partial charge in [0.25, 0.3) is 0 Å². The molecule has 1 atom stereocenters. The highest BCUT2D eigenvalue weighted by Gasteiger charge is 2.74. The summed E-state index contributed by atoms with van der Waals surface area (Å²) in [6.45, 7) is 0. The van der Waals surface area contributed by atoms with Crippen LogP contribution < -0.4 is 10.5 Å². The quantitative estimate of drug-likeness (QED) is 0.501. The Morgan fingerprint density at radius 3 is 2.52 bits per heavy atom. The van der Waals surface area contributed by atoms with Crippen LogP contribution in [0.4, 0.5) is 5.82 Å². The molecule has 0 amide bonds. The number of aryl methyl sites for hydroxylation is 1. The van der Waals surface area contributed by atoms with E-state index in [9.17, 15) is 4.57 Å². The summed E-state index contributed by atoms with van der Waals surface area (Å²) in [5.41, 5.74) is 6.95. The van der Waals surface area contributed by atoms with Crippen LogP contribution >= 0.6 is 7.14 Å². The number of allylic oxidation sites excluding steroid dienone is 3.